The summed E-state index contributed by atoms with van der Waals surface area (Å²) in [5, 5.41) is 17.5. The minimum Gasteiger partial charge on any atom is -0.369 e. The predicted molar refractivity (Wildman–Crippen MR) is 500 cm³/mol. The number of primary amides is 4. The zero-order valence-electron chi connectivity index (χ0n) is 75.8. The van der Waals surface area contributed by atoms with Crippen LogP contribution in [0.25, 0.3) is 0 Å². The fourth-order valence-corrected chi connectivity index (χ4v) is 21.4. The fraction of sp³-hybridized carbons (Fsp3) is 0.547. The molecule has 0 heterocycles. The highest BCUT2D eigenvalue weighted by molar-refractivity contribution is 5.90. The summed E-state index contributed by atoms with van der Waals surface area (Å²) in [6.45, 7) is 4.22. The van der Waals surface area contributed by atoms with Crippen molar-refractivity contribution in [2.24, 2.45) is 118 Å². The molecule has 8 saturated carbocycles. The molecule has 4 bridgehead atoms. The van der Waals surface area contributed by atoms with E-state index in [9.17, 15) is 57.5 Å². The van der Waals surface area contributed by atoms with E-state index >= 15 is 0 Å². The lowest BCUT2D eigenvalue weighted by Gasteiger charge is -2.47. The Labute approximate surface area is 759 Å². The first-order chi connectivity index (χ1) is 61.9. The van der Waals surface area contributed by atoms with Crippen molar-refractivity contribution in [1.29, 1.82) is 0 Å². The monoisotopic (exact) mass is 1750 g/mol. The van der Waals surface area contributed by atoms with E-state index in [0.717, 1.165) is 163 Å². The Morgan fingerprint density at radius 1 is 0.312 bits per heavy atom. The second-order valence-corrected chi connectivity index (χ2v) is 38.2. The molecule has 690 valence electrons. The SMILES string of the molecule is CC(C)CCC(Cc1ccccc1)C(=O)NCC(=O)C[C@@H]1CCCC[C@H]1C(N)=O.NC(=O)C1C2CCC(C2)C1NC(=O)CNC(=O)C(CCc1ccccc1)Cc1ccccc1.NC(=O)C1C2CCC(CC2)C1NC(=O)CNC(=O)C(CCc1ccccc1)Cc1ccccc1.NC(=O)[C@@H]1CCCC[C@H]1CC(=O)CNC(=O)C(CCC1CCCCC1)Cc1ccccc1. The van der Waals surface area contributed by atoms with E-state index in [-0.39, 0.29) is 180 Å². The van der Waals surface area contributed by atoms with Gasteiger partial charge < -0.3 is 54.8 Å². The van der Waals surface area contributed by atoms with Gasteiger partial charge in [0.2, 0.25) is 59.1 Å². The average molecular weight is 1750 g/mol. The minimum absolute atomic E-state index is 0.00208. The zero-order valence-corrected chi connectivity index (χ0v) is 75.8. The third-order valence-electron chi connectivity index (χ3n) is 28.5. The molecule has 0 spiro atoms. The molecule has 14 rings (SSSR count). The van der Waals surface area contributed by atoms with Gasteiger partial charge in [-0.1, -0.05) is 260 Å². The topological polar surface area (TPSA) is 381 Å². The van der Waals surface area contributed by atoms with Crippen molar-refractivity contribution in [3.63, 3.8) is 0 Å². The number of nitrogens with one attached hydrogen (secondary N) is 6. The van der Waals surface area contributed by atoms with Gasteiger partial charge in [0.25, 0.3) is 0 Å². The molecule has 14 atom stereocenters. The van der Waals surface area contributed by atoms with Gasteiger partial charge in [0, 0.05) is 60.4 Å². The van der Waals surface area contributed by atoms with E-state index in [1.54, 1.807) is 0 Å². The molecular formula is C106H144N10O12. The third kappa shape index (κ3) is 32.8. The van der Waals surface area contributed by atoms with Gasteiger partial charge in [-0.15, -0.1) is 0 Å². The highest BCUT2D eigenvalue weighted by Gasteiger charge is 2.51. The normalized spacial score (nSPS) is 23.0. The van der Waals surface area contributed by atoms with Crippen LogP contribution in [-0.4, -0.2) is 109 Å². The van der Waals surface area contributed by atoms with Crippen LogP contribution in [0.15, 0.2) is 182 Å². The van der Waals surface area contributed by atoms with Gasteiger partial charge in [0.15, 0.2) is 11.6 Å². The molecule has 128 heavy (non-hydrogen) atoms. The zero-order chi connectivity index (χ0) is 91.1. The molecule has 8 fully saturated rings. The number of hydrogen-bond acceptors (Lipinski definition) is 12. The van der Waals surface area contributed by atoms with Crippen LogP contribution >= 0.6 is 0 Å². The molecule has 14 N–H and O–H groups in total. The molecule has 22 heteroatoms. The van der Waals surface area contributed by atoms with Crippen molar-refractivity contribution in [2.45, 2.75) is 244 Å². The number of nitrogens with two attached hydrogens (primary N) is 4. The molecular weight excluding hydrogens is 1610 g/mol. The third-order valence-corrected chi connectivity index (χ3v) is 28.5. The number of Topliss-reactive ketones (excluding diaryl/α,β-unsaturated/α-hetero) is 2. The molecule has 10 unspecified atom stereocenters. The minimum atomic E-state index is -0.333. The van der Waals surface area contributed by atoms with Gasteiger partial charge in [-0.25, -0.2) is 0 Å². The Bertz CT molecular complexity index is 4470. The summed E-state index contributed by atoms with van der Waals surface area (Å²) in [4.78, 5) is 150. The van der Waals surface area contributed by atoms with E-state index in [1.165, 1.54) is 43.2 Å². The highest BCUT2D eigenvalue weighted by Crippen LogP contribution is 2.49. The summed E-state index contributed by atoms with van der Waals surface area (Å²) in [6.07, 6.45) is 30.9. The lowest BCUT2D eigenvalue weighted by atomic mass is 9.61. The second-order valence-electron chi connectivity index (χ2n) is 38.2. The summed E-state index contributed by atoms with van der Waals surface area (Å²) in [7, 11) is 0. The Kier molecular flexibility index (Phi) is 41.0. The number of ketones is 2. The number of rotatable bonds is 42. The Balaban J connectivity index is 0.000000178. The number of benzene rings is 6. The van der Waals surface area contributed by atoms with Crippen LogP contribution in [0.4, 0.5) is 0 Å². The number of fused-ring (bicyclic) bond motifs is 5. The van der Waals surface area contributed by atoms with Crippen molar-refractivity contribution in [3.8, 4) is 0 Å². The van der Waals surface area contributed by atoms with E-state index in [4.69, 9.17) is 22.9 Å². The van der Waals surface area contributed by atoms with Gasteiger partial charge in [0.1, 0.15) is 0 Å². The highest BCUT2D eigenvalue weighted by atomic mass is 16.2. The maximum atomic E-state index is 13.1. The molecule has 22 nitrogen and oxygen atoms in total. The van der Waals surface area contributed by atoms with Crippen LogP contribution in [-0.2, 0) is 96.1 Å². The second kappa shape index (κ2) is 52.7. The lowest BCUT2D eigenvalue weighted by Crippen LogP contribution is -2.58. The van der Waals surface area contributed by atoms with Crippen LogP contribution in [0.5, 0.6) is 0 Å². The van der Waals surface area contributed by atoms with Crippen LogP contribution in [0.2, 0.25) is 0 Å². The van der Waals surface area contributed by atoms with Crippen LogP contribution in [0, 0.1) is 94.7 Å². The molecule has 6 aromatic carbocycles. The molecule has 0 aliphatic heterocycles. The number of carbonyl (C=O) groups excluding carboxylic acids is 12. The lowest BCUT2D eigenvalue weighted by molar-refractivity contribution is -0.133. The van der Waals surface area contributed by atoms with E-state index < -0.39 is 0 Å². The number of aryl methyl sites for hydroxylation is 2. The maximum Gasteiger partial charge on any atom is 0.239 e. The Morgan fingerprint density at radius 2 is 0.625 bits per heavy atom. The van der Waals surface area contributed by atoms with E-state index in [2.05, 4.69) is 82.1 Å². The maximum absolute atomic E-state index is 13.1. The molecule has 10 amide bonds. The van der Waals surface area contributed by atoms with Gasteiger partial charge in [-0.2, -0.15) is 0 Å². The van der Waals surface area contributed by atoms with E-state index in [1.807, 2.05) is 146 Å². The molecule has 8 aliphatic carbocycles. The first-order valence-corrected chi connectivity index (χ1v) is 48.0. The molecule has 6 aromatic rings. The van der Waals surface area contributed by atoms with Gasteiger partial charge in [-0.05, 0) is 222 Å². The molecule has 0 saturated heterocycles. The Morgan fingerprint density at radius 3 is 1.00 bits per heavy atom. The fourth-order valence-electron chi connectivity index (χ4n) is 21.4. The van der Waals surface area contributed by atoms with Gasteiger partial charge in [-0.3, -0.25) is 57.5 Å². The standard InChI is InChI=1S/C28H35N3O3.C27H33N3O3.C27H40N2O3.C24H36N2O3/c29-27(33)25-21-13-15-22(16-14-21)26(25)31-24(32)18-30-28(34)23(17-20-9-5-2-6-10-20)12-11-19-7-3-1-4-8-19;28-26(32)24-20-13-14-21(16-20)25(24)30-23(31)17-29-27(33)22(15-19-9-5-2-6-10-19)12-11-18-7-3-1-4-8-18;28-26(31)25-14-8-7-13-22(25)18-24(30)19-29-27(32)23(17-21-11-5-2-6-12-21)16-15-20-9-3-1-4-10-20;1-17(2)12-13-20(14-18-8-4-3-5-9-18)24(29)26-16-21(27)15-19-10-6-7-11-22(19)23(25)28/h1-10,21-23,25-26H,11-18H2,(H2,29,33)(H,30,34)(H,31,32);1-10,20-22,24-25H,11-17H2,(H2,28,32)(H,29,33)(H,30,31);2,5-6,11-12,20,22-23,25H,1,3-4,7-10,13-19H2,(H2,28,31)(H,29,32);3-5,8-9,17,19-20,22H,6-7,10-16H2,1-2H3,(H2,25,28)(H,26,29)/t;;22-,23?,25+;19-,20?,22+/m..00/s1. The number of hydrogen-bond donors (Lipinski definition) is 10. The summed E-state index contributed by atoms with van der Waals surface area (Å²) in [5.41, 5.74) is 29.2. The summed E-state index contributed by atoms with van der Waals surface area (Å²) in [5.74, 6) is -1.38. The van der Waals surface area contributed by atoms with Crippen LogP contribution in [0.1, 0.15) is 227 Å². The first kappa shape index (κ1) is 99.5. The number of amides is 10. The van der Waals surface area contributed by atoms with Crippen LogP contribution < -0.4 is 54.8 Å². The average Bonchev–Trinajstić information content (AvgIpc) is 1.52. The smallest absolute Gasteiger partial charge is 0.239 e. The quantitative estimate of drug-likeness (QED) is 0.0171. The van der Waals surface area contributed by atoms with Crippen molar-refractivity contribution >= 4 is 70.6 Å². The first-order valence-electron chi connectivity index (χ1n) is 48.0. The Hall–Kier alpha value is -10.6. The number of carbonyl (C=O) groups is 12. The van der Waals surface area contributed by atoms with Crippen LogP contribution in [0.3, 0.4) is 0 Å². The molecule has 8 aliphatic rings. The largest absolute Gasteiger partial charge is 0.369 e. The summed E-state index contributed by atoms with van der Waals surface area (Å²) >= 11 is 0. The van der Waals surface area contributed by atoms with Gasteiger partial charge >= 0.3 is 0 Å². The van der Waals surface area contributed by atoms with Gasteiger partial charge in [0.05, 0.1) is 38.0 Å². The summed E-state index contributed by atoms with van der Waals surface area (Å²) < 4.78 is 0. The predicted octanol–water partition coefficient (Wildman–Crippen LogP) is 13.8. The van der Waals surface area contributed by atoms with Crippen molar-refractivity contribution in [2.75, 3.05) is 26.2 Å². The van der Waals surface area contributed by atoms with Crippen molar-refractivity contribution in [1.82, 2.24) is 31.9 Å². The molecule has 0 aromatic heterocycles. The molecule has 0 radical (unpaired) electrons. The van der Waals surface area contributed by atoms with Crippen molar-refractivity contribution in [3.05, 3.63) is 215 Å². The van der Waals surface area contributed by atoms with Crippen molar-refractivity contribution < 1.29 is 57.5 Å². The summed E-state index contributed by atoms with van der Waals surface area (Å²) in [6, 6.07) is 59.9. The van der Waals surface area contributed by atoms with E-state index in [0.29, 0.717) is 69.1 Å².